The Hall–Kier alpha value is -3.97. The molecule has 0 radical (unpaired) electrons. The highest BCUT2D eigenvalue weighted by atomic mass is 19.4. The molecule has 2 heterocycles. The van der Waals surface area contributed by atoms with Crippen LogP contribution in [0.3, 0.4) is 0 Å². The number of piperidine rings is 1. The lowest BCUT2D eigenvalue weighted by molar-refractivity contribution is -0.182. The number of nitrogens with zero attached hydrogens (tertiary/aromatic N) is 2. The Morgan fingerprint density at radius 1 is 1.00 bits per heavy atom. The Bertz CT molecular complexity index is 1580. The molecule has 8 nitrogen and oxygen atoms in total. The molecule has 2 amide bonds. The van der Waals surface area contributed by atoms with E-state index in [-0.39, 0.29) is 68.1 Å². The number of imidazole rings is 1. The first-order valence-corrected chi connectivity index (χ1v) is 15.4. The number of carbonyl (C=O) groups is 2. The molecule has 2 fully saturated rings. The maximum atomic E-state index is 15.4. The van der Waals surface area contributed by atoms with Crippen molar-refractivity contribution in [1.82, 2.24) is 20.6 Å². The Balaban J connectivity index is 1.40. The number of hydrogen-bond donors (Lipinski definition) is 4. The predicted octanol–water partition coefficient (Wildman–Crippen LogP) is 7.04. The zero-order valence-corrected chi connectivity index (χ0v) is 25.9. The molecule has 2 aromatic carbocycles. The summed E-state index contributed by atoms with van der Waals surface area (Å²) < 4.78 is 83.6. The number of rotatable bonds is 7. The number of hydrogen-bond acceptors (Lipinski definition) is 5. The molecule has 250 valence electrons. The molecule has 1 aliphatic heterocycles. The van der Waals surface area contributed by atoms with Crippen molar-refractivity contribution in [2.75, 3.05) is 23.3 Å². The minimum atomic E-state index is -4.27. The number of carbonyl (C=O) groups excluding carboxylic acids is 2. The van der Waals surface area contributed by atoms with Crippen LogP contribution < -0.4 is 20.9 Å². The fraction of sp³-hybridized carbons (Fsp3) is 0.531. The molecule has 1 saturated heterocycles. The van der Waals surface area contributed by atoms with Crippen LogP contribution in [-0.2, 0) is 11.3 Å². The van der Waals surface area contributed by atoms with Gasteiger partial charge in [-0.25, -0.2) is 18.2 Å². The maximum absolute atomic E-state index is 15.4. The molecule has 4 N–H and O–H groups in total. The van der Waals surface area contributed by atoms with E-state index in [1.54, 1.807) is 26.8 Å². The molecule has 5 rings (SSSR count). The molecule has 46 heavy (non-hydrogen) atoms. The van der Waals surface area contributed by atoms with E-state index in [1.807, 2.05) is 4.90 Å². The molecule has 14 heteroatoms. The normalized spacial score (nSPS) is 19.7. The SMILES string of the molecule is CC(C)(C)C(=O)NCc1ccc(F)c(Nc2nc3cc(C(=O)NC4CCC(C(F)(F)F)CC4)c(N4CCC(F)CC4)cc3[nH]2)c1F. The summed E-state index contributed by atoms with van der Waals surface area (Å²) in [5, 5.41) is 8.14. The van der Waals surface area contributed by atoms with Crippen LogP contribution in [0.15, 0.2) is 24.3 Å². The van der Waals surface area contributed by atoms with Crippen molar-refractivity contribution in [3.8, 4) is 0 Å². The number of aromatic nitrogens is 2. The van der Waals surface area contributed by atoms with Gasteiger partial charge in [-0.3, -0.25) is 9.59 Å². The summed E-state index contributed by atoms with van der Waals surface area (Å²) in [6, 6.07) is 5.05. The van der Waals surface area contributed by atoms with Crippen molar-refractivity contribution in [3.05, 3.63) is 47.0 Å². The molecule has 1 saturated carbocycles. The second-order valence-electron chi connectivity index (χ2n) is 13.2. The van der Waals surface area contributed by atoms with Crippen molar-refractivity contribution in [2.24, 2.45) is 11.3 Å². The Kier molecular flexibility index (Phi) is 9.46. The first kappa shape index (κ1) is 33.4. The topological polar surface area (TPSA) is 102 Å². The van der Waals surface area contributed by atoms with Gasteiger partial charge in [0.05, 0.1) is 28.2 Å². The zero-order chi connectivity index (χ0) is 33.4. The third kappa shape index (κ3) is 7.52. The zero-order valence-electron chi connectivity index (χ0n) is 25.9. The van der Waals surface area contributed by atoms with Crippen molar-refractivity contribution < 1.29 is 35.9 Å². The van der Waals surface area contributed by atoms with Crippen molar-refractivity contribution in [2.45, 2.75) is 84.2 Å². The van der Waals surface area contributed by atoms with Gasteiger partial charge in [-0.2, -0.15) is 13.2 Å². The average molecular weight is 653 g/mol. The smallest absolute Gasteiger partial charge is 0.371 e. The molecular formula is C32H38F6N6O2. The summed E-state index contributed by atoms with van der Waals surface area (Å²) in [6.07, 6.45) is -4.47. The molecular weight excluding hydrogens is 614 g/mol. The van der Waals surface area contributed by atoms with E-state index in [1.165, 1.54) is 12.1 Å². The minimum absolute atomic E-state index is 0.0138. The quantitative estimate of drug-likeness (QED) is 0.205. The Morgan fingerprint density at radius 3 is 2.30 bits per heavy atom. The van der Waals surface area contributed by atoms with Gasteiger partial charge in [0.1, 0.15) is 17.7 Å². The lowest BCUT2D eigenvalue weighted by atomic mass is 9.85. The fourth-order valence-corrected chi connectivity index (χ4v) is 5.87. The van der Waals surface area contributed by atoms with Gasteiger partial charge in [0.25, 0.3) is 5.91 Å². The molecule has 1 aliphatic carbocycles. The summed E-state index contributed by atoms with van der Waals surface area (Å²) in [5.74, 6) is -4.00. The van der Waals surface area contributed by atoms with E-state index in [0.29, 0.717) is 29.8 Å². The van der Waals surface area contributed by atoms with Crippen LogP contribution in [0.1, 0.15) is 75.2 Å². The Labute approximate surface area is 262 Å². The van der Waals surface area contributed by atoms with Crippen molar-refractivity contribution in [3.63, 3.8) is 0 Å². The summed E-state index contributed by atoms with van der Waals surface area (Å²) in [7, 11) is 0. The Morgan fingerprint density at radius 2 is 1.67 bits per heavy atom. The number of H-pyrrole nitrogens is 1. The number of halogens is 6. The van der Waals surface area contributed by atoms with Crippen LogP contribution in [0.5, 0.6) is 0 Å². The van der Waals surface area contributed by atoms with Gasteiger partial charge in [0.15, 0.2) is 5.82 Å². The number of fused-ring (bicyclic) bond motifs is 1. The molecule has 3 aromatic rings. The van der Waals surface area contributed by atoms with Gasteiger partial charge < -0.3 is 25.8 Å². The lowest BCUT2D eigenvalue weighted by Crippen LogP contribution is -2.41. The van der Waals surface area contributed by atoms with Gasteiger partial charge in [-0.15, -0.1) is 0 Å². The number of alkyl halides is 4. The van der Waals surface area contributed by atoms with Crippen LogP contribution in [0, 0.1) is 23.0 Å². The highest BCUT2D eigenvalue weighted by molar-refractivity contribution is 6.04. The summed E-state index contributed by atoms with van der Waals surface area (Å²) in [5.41, 5.74) is 0.316. The highest BCUT2D eigenvalue weighted by Crippen LogP contribution is 2.38. The summed E-state index contributed by atoms with van der Waals surface area (Å²) in [6.45, 7) is 5.67. The van der Waals surface area contributed by atoms with Gasteiger partial charge in [-0.05, 0) is 56.7 Å². The summed E-state index contributed by atoms with van der Waals surface area (Å²) in [4.78, 5) is 35.0. The maximum Gasteiger partial charge on any atom is 0.391 e. The van der Waals surface area contributed by atoms with Crippen LogP contribution in [0.2, 0.25) is 0 Å². The predicted molar refractivity (Wildman–Crippen MR) is 163 cm³/mol. The highest BCUT2D eigenvalue weighted by Gasteiger charge is 2.41. The van der Waals surface area contributed by atoms with Crippen LogP contribution in [-0.4, -0.2) is 53.3 Å². The van der Waals surface area contributed by atoms with Gasteiger partial charge >= 0.3 is 6.18 Å². The minimum Gasteiger partial charge on any atom is -0.371 e. The van der Waals surface area contributed by atoms with Crippen LogP contribution in [0.25, 0.3) is 11.0 Å². The van der Waals surface area contributed by atoms with Gasteiger partial charge in [0, 0.05) is 36.7 Å². The van der Waals surface area contributed by atoms with E-state index in [0.717, 1.165) is 6.07 Å². The van der Waals surface area contributed by atoms with E-state index in [9.17, 15) is 31.5 Å². The first-order valence-electron chi connectivity index (χ1n) is 15.4. The molecule has 0 atom stereocenters. The third-order valence-electron chi connectivity index (χ3n) is 8.67. The summed E-state index contributed by atoms with van der Waals surface area (Å²) >= 11 is 0. The third-order valence-corrected chi connectivity index (χ3v) is 8.67. The monoisotopic (exact) mass is 652 g/mol. The number of amides is 2. The number of benzene rings is 2. The van der Waals surface area contributed by atoms with E-state index < -0.39 is 53.0 Å². The lowest BCUT2D eigenvalue weighted by Gasteiger charge is -2.33. The standard InChI is InChI=1S/C32H38F6N6O2/c1-31(2,3)29(46)39-16-17-4-9-22(34)27(26(17)35)43-30-41-23-14-21(25(15-24(23)42-30)44-12-10-19(33)11-13-44)28(45)40-20-7-5-18(6-8-20)32(36,37)38/h4,9,14-15,18-20H,5-8,10-13,16H2,1-3H3,(H,39,46)(H,40,45)(H2,41,42,43). The van der Waals surface area contributed by atoms with E-state index in [2.05, 4.69) is 25.9 Å². The number of aromatic amines is 1. The molecule has 0 bridgehead atoms. The van der Waals surface area contributed by atoms with Crippen molar-refractivity contribution in [1.29, 1.82) is 0 Å². The van der Waals surface area contributed by atoms with Crippen LogP contribution in [0.4, 0.5) is 43.7 Å². The molecule has 1 aromatic heterocycles. The molecule has 2 aliphatic rings. The molecule has 0 unspecified atom stereocenters. The number of nitrogens with one attached hydrogen (secondary N) is 4. The average Bonchev–Trinajstić information content (AvgIpc) is 3.39. The largest absolute Gasteiger partial charge is 0.391 e. The second-order valence-corrected chi connectivity index (χ2v) is 13.2. The first-order chi connectivity index (χ1) is 21.6. The van der Waals surface area contributed by atoms with E-state index >= 15 is 4.39 Å². The molecule has 0 spiro atoms. The second kappa shape index (κ2) is 13.0. The van der Waals surface area contributed by atoms with Gasteiger partial charge in [0.2, 0.25) is 11.9 Å². The fourth-order valence-electron chi connectivity index (χ4n) is 5.87. The van der Waals surface area contributed by atoms with Gasteiger partial charge in [-0.1, -0.05) is 26.8 Å². The number of anilines is 3. The van der Waals surface area contributed by atoms with Crippen LogP contribution >= 0.6 is 0 Å². The van der Waals surface area contributed by atoms with E-state index in [4.69, 9.17) is 0 Å². The van der Waals surface area contributed by atoms with Crippen molar-refractivity contribution >= 4 is 40.2 Å².